The third-order valence-corrected chi connectivity index (χ3v) is 5.33. The van der Waals surface area contributed by atoms with Crippen LogP contribution >= 0.6 is 0 Å². The molecule has 0 aliphatic heterocycles. The number of ether oxygens (including phenoxy) is 1. The van der Waals surface area contributed by atoms with E-state index >= 15 is 0 Å². The number of methoxy groups -OCH3 is 1. The minimum absolute atomic E-state index is 0.388. The van der Waals surface area contributed by atoms with Crippen LogP contribution in [-0.2, 0) is 4.74 Å². The quantitative estimate of drug-likeness (QED) is 0.579. The second kappa shape index (κ2) is 6.62. The van der Waals surface area contributed by atoms with E-state index in [1.807, 2.05) is 35.4 Å². The van der Waals surface area contributed by atoms with Crippen LogP contribution in [0.4, 0.5) is 5.95 Å². The van der Waals surface area contributed by atoms with E-state index in [1.54, 1.807) is 13.3 Å². The first-order valence-corrected chi connectivity index (χ1v) is 9.22. The van der Waals surface area contributed by atoms with Gasteiger partial charge in [-0.15, -0.1) is 0 Å². The molecule has 8 heteroatoms. The second-order valence-corrected chi connectivity index (χ2v) is 6.99. The Kier molecular flexibility index (Phi) is 3.97. The summed E-state index contributed by atoms with van der Waals surface area (Å²) in [7, 11) is 1.79. The lowest BCUT2D eigenvalue weighted by Gasteiger charge is -2.28. The van der Waals surface area contributed by atoms with Gasteiger partial charge in [-0.3, -0.25) is 4.40 Å². The number of fused-ring (bicyclic) bond motifs is 2. The minimum Gasteiger partial charge on any atom is -0.381 e. The Morgan fingerprint density at radius 1 is 1.15 bits per heavy atom. The average Bonchev–Trinajstić information content (AvgIpc) is 3.34. The monoisotopic (exact) mass is 363 g/mol. The number of anilines is 1. The molecule has 8 nitrogen and oxygen atoms in total. The van der Waals surface area contributed by atoms with E-state index in [2.05, 4.69) is 30.2 Å². The fourth-order valence-corrected chi connectivity index (χ4v) is 3.80. The van der Waals surface area contributed by atoms with Crippen molar-refractivity contribution in [1.29, 1.82) is 0 Å². The Morgan fingerprint density at radius 2 is 2.04 bits per heavy atom. The van der Waals surface area contributed by atoms with Gasteiger partial charge in [-0.05, 0) is 25.7 Å². The van der Waals surface area contributed by atoms with Gasteiger partial charge in [0, 0.05) is 66.8 Å². The van der Waals surface area contributed by atoms with Gasteiger partial charge >= 0.3 is 0 Å². The molecule has 2 N–H and O–H groups in total. The summed E-state index contributed by atoms with van der Waals surface area (Å²) in [6.45, 7) is 0. The third-order valence-electron chi connectivity index (χ3n) is 5.33. The normalized spacial score (nSPS) is 20.3. The summed E-state index contributed by atoms with van der Waals surface area (Å²) >= 11 is 0. The lowest BCUT2D eigenvalue weighted by molar-refractivity contribution is 0.0681. The van der Waals surface area contributed by atoms with Gasteiger partial charge in [0.15, 0.2) is 0 Å². The van der Waals surface area contributed by atoms with Crippen molar-refractivity contribution in [2.75, 3.05) is 12.4 Å². The van der Waals surface area contributed by atoms with Gasteiger partial charge in [0.05, 0.1) is 6.10 Å². The molecule has 27 heavy (non-hydrogen) atoms. The molecular weight excluding hydrogens is 342 g/mol. The van der Waals surface area contributed by atoms with E-state index in [0.717, 1.165) is 47.8 Å². The maximum Gasteiger partial charge on any atom is 0.233 e. The van der Waals surface area contributed by atoms with Gasteiger partial charge in [0.25, 0.3) is 0 Å². The lowest BCUT2D eigenvalue weighted by Crippen LogP contribution is -2.29. The highest BCUT2D eigenvalue weighted by Crippen LogP contribution is 2.28. The molecule has 1 aliphatic rings. The van der Waals surface area contributed by atoms with Crippen LogP contribution in [0.2, 0.25) is 0 Å². The topological polar surface area (TPSA) is 93.0 Å². The van der Waals surface area contributed by atoms with Crippen LogP contribution in [0.1, 0.15) is 25.7 Å². The van der Waals surface area contributed by atoms with Crippen molar-refractivity contribution in [1.82, 2.24) is 29.3 Å². The van der Waals surface area contributed by atoms with E-state index in [4.69, 9.17) is 4.74 Å². The SMILES string of the molecule is CO[C@H]1CC[C@@H](Nc2ncc3c(-c4cnc5nccn5c4)c[nH]c3n2)CC1. The molecule has 5 rings (SSSR count). The summed E-state index contributed by atoms with van der Waals surface area (Å²) in [6, 6.07) is 0.399. The minimum atomic E-state index is 0.388. The van der Waals surface area contributed by atoms with Gasteiger partial charge in [-0.25, -0.2) is 15.0 Å². The molecule has 0 spiro atoms. The molecule has 0 bridgehead atoms. The van der Waals surface area contributed by atoms with Gasteiger partial charge in [-0.2, -0.15) is 4.98 Å². The molecule has 4 aromatic rings. The predicted molar refractivity (Wildman–Crippen MR) is 103 cm³/mol. The highest BCUT2D eigenvalue weighted by Gasteiger charge is 2.21. The van der Waals surface area contributed by atoms with Gasteiger partial charge in [-0.1, -0.05) is 0 Å². The maximum atomic E-state index is 5.44. The molecule has 138 valence electrons. The van der Waals surface area contributed by atoms with Crippen molar-refractivity contribution in [2.24, 2.45) is 0 Å². The second-order valence-electron chi connectivity index (χ2n) is 6.99. The van der Waals surface area contributed by atoms with E-state index in [1.165, 1.54) is 0 Å². The van der Waals surface area contributed by atoms with E-state index < -0.39 is 0 Å². The zero-order valence-corrected chi connectivity index (χ0v) is 15.1. The summed E-state index contributed by atoms with van der Waals surface area (Å²) in [6.07, 6.45) is 16.0. The number of hydrogen-bond donors (Lipinski definition) is 2. The van der Waals surface area contributed by atoms with Gasteiger partial charge < -0.3 is 15.0 Å². The van der Waals surface area contributed by atoms with Crippen LogP contribution in [0.3, 0.4) is 0 Å². The molecular formula is C19H21N7O. The van der Waals surface area contributed by atoms with Crippen LogP contribution in [0.5, 0.6) is 0 Å². The smallest absolute Gasteiger partial charge is 0.233 e. The molecule has 1 fully saturated rings. The Morgan fingerprint density at radius 3 is 2.89 bits per heavy atom. The number of nitrogens with one attached hydrogen (secondary N) is 2. The predicted octanol–water partition coefficient (Wildman–Crippen LogP) is 3.04. The lowest BCUT2D eigenvalue weighted by atomic mass is 9.93. The van der Waals surface area contributed by atoms with Crippen LogP contribution in [0.15, 0.2) is 37.2 Å². The van der Waals surface area contributed by atoms with Crippen molar-refractivity contribution in [3.63, 3.8) is 0 Å². The highest BCUT2D eigenvalue weighted by atomic mass is 16.5. The van der Waals surface area contributed by atoms with E-state index in [-0.39, 0.29) is 0 Å². The molecule has 0 saturated heterocycles. The summed E-state index contributed by atoms with van der Waals surface area (Å²) in [5, 5.41) is 4.44. The summed E-state index contributed by atoms with van der Waals surface area (Å²) in [5.74, 6) is 1.35. The van der Waals surface area contributed by atoms with Crippen LogP contribution < -0.4 is 5.32 Å². The first-order valence-electron chi connectivity index (χ1n) is 9.22. The molecule has 0 aromatic carbocycles. The molecule has 4 heterocycles. The number of hydrogen-bond acceptors (Lipinski definition) is 6. The zero-order chi connectivity index (χ0) is 18.2. The Labute approximate surface area is 156 Å². The summed E-state index contributed by atoms with van der Waals surface area (Å²) in [4.78, 5) is 21.0. The number of aromatic nitrogens is 6. The van der Waals surface area contributed by atoms with E-state index in [9.17, 15) is 0 Å². The molecule has 0 unspecified atom stereocenters. The van der Waals surface area contributed by atoms with Gasteiger partial charge in [0.1, 0.15) is 5.65 Å². The highest BCUT2D eigenvalue weighted by molar-refractivity contribution is 5.93. The van der Waals surface area contributed by atoms with Crippen LogP contribution in [-0.4, -0.2) is 48.6 Å². The van der Waals surface area contributed by atoms with Crippen molar-refractivity contribution in [3.8, 4) is 11.1 Å². The van der Waals surface area contributed by atoms with Crippen molar-refractivity contribution in [2.45, 2.75) is 37.8 Å². The molecule has 0 atom stereocenters. The molecule has 0 radical (unpaired) electrons. The fourth-order valence-electron chi connectivity index (χ4n) is 3.80. The standard InChI is InChI=1S/C19H21N7O/c1-27-14-4-2-13(3-5-14)24-18-22-10-16-15(9-21-17(16)25-18)12-8-23-19-20-6-7-26(19)11-12/h6-11,13-14H,2-5H2,1H3,(H2,21,22,24,25)/t13-,14+. The molecule has 4 aromatic heterocycles. The Hall–Kier alpha value is -3.00. The van der Waals surface area contributed by atoms with E-state index in [0.29, 0.717) is 23.9 Å². The number of nitrogens with zero attached hydrogens (tertiary/aromatic N) is 5. The number of H-pyrrole nitrogens is 1. The Balaban J connectivity index is 1.39. The number of aromatic amines is 1. The van der Waals surface area contributed by atoms with Gasteiger partial charge in [0.2, 0.25) is 11.7 Å². The molecule has 0 amide bonds. The van der Waals surface area contributed by atoms with Crippen molar-refractivity contribution in [3.05, 3.63) is 37.2 Å². The molecule has 1 aliphatic carbocycles. The summed E-state index contributed by atoms with van der Waals surface area (Å²) in [5.41, 5.74) is 2.84. The maximum absolute atomic E-state index is 5.44. The first-order chi connectivity index (χ1) is 13.3. The largest absolute Gasteiger partial charge is 0.381 e. The third kappa shape index (κ3) is 3.02. The number of imidazole rings is 1. The fraction of sp³-hybridized carbons (Fsp3) is 0.368. The van der Waals surface area contributed by atoms with Crippen molar-refractivity contribution < 1.29 is 4.74 Å². The average molecular weight is 363 g/mol. The number of rotatable bonds is 4. The summed E-state index contributed by atoms with van der Waals surface area (Å²) < 4.78 is 7.34. The molecule has 1 saturated carbocycles. The van der Waals surface area contributed by atoms with Crippen LogP contribution in [0, 0.1) is 0 Å². The Bertz CT molecular complexity index is 1080. The zero-order valence-electron chi connectivity index (χ0n) is 15.1. The van der Waals surface area contributed by atoms with Crippen molar-refractivity contribution >= 4 is 22.8 Å². The van der Waals surface area contributed by atoms with Crippen LogP contribution in [0.25, 0.3) is 27.9 Å². The first kappa shape index (κ1) is 16.2.